The van der Waals surface area contributed by atoms with Gasteiger partial charge in [-0.3, -0.25) is 4.79 Å². The molecular weight excluding hydrogens is 216 g/mol. The van der Waals surface area contributed by atoms with E-state index in [9.17, 15) is 4.79 Å². The maximum Gasteiger partial charge on any atom is 0.261 e. The van der Waals surface area contributed by atoms with Crippen molar-refractivity contribution in [3.8, 4) is 0 Å². The Morgan fingerprint density at radius 1 is 1.29 bits per heavy atom. The SMILES string of the molecule is COC12OC1C(C)(c1ccccc1)C=CC2=O. The Hall–Kier alpha value is -1.45. The lowest BCUT2D eigenvalue weighted by Crippen LogP contribution is -2.41. The van der Waals surface area contributed by atoms with Crippen LogP contribution in [0.2, 0.25) is 0 Å². The van der Waals surface area contributed by atoms with Crippen LogP contribution in [-0.2, 0) is 19.7 Å². The minimum absolute atomic E-state index is 0.0987. The van der Waals surface area contributed by atoms with E-state index in [-0.39, 0.29) is 17.3 Å². The third-order valence-corrected chi connectivity index (χ3v) is 3.75. The van der Waals surface area contributed by atoms with Gasteiger partial charge in [0.2, 0.25) is 5.78 Å². The van der Waals surface area contributed by atoms with E-state index in [1.165, 1.54) is 7.11 Å². The van der Waals surface area contributed by atoms with Gasteiger partial charge in [0.1, 0.15) is 6.10 Å². The Kier molecular flexibility index (Phi) is 2.06. The highest BCUT2D eigenvalue weighted by Gasteiger charge is 2.71. The van der Waals surface area contributed by atoms with Crippen molar-refractivity contribution in [1.82, 2.24) is 0 Å². The fraction of sp³-hybridized carbons (Fsp3) is 0.357. The summed E-state index contributed by atoms with van der Waals surface area (Å²) >= 11 is 0. The quantitative estimate of drug-likeness (QED) is 0.727. The maximum atomic E-state index is 11.8. The molecule has 0 spiro atoms. The number of fused-ring (bicyclic) bond motifs is 1. The van der Waals surface area contributed by atoms with E-state index < -0.39 is 5.79 Å². The Morgan fingerprint density at radius 3 is 2.65 bits per heavy atom. The predicted octanol–water partition coefficient (Wildman–Crippen LogP) is 1.82. The minimum Gasteiger partial charge on any atom is -0.345 e. The van der Waals surface area contributed by atoms with E-state index >= 15 is 0 Å². The van der Waals surface area contributed by atoms with Crippen LogP contribution in [0.1, 0.15) is 12.5 Å². The maximum absolute atomic E-state index is 11.8. The first-order chi connectivity index (χ1) is 8.13. The molecule has 3 unspecified atom stereocenters. The highest BCUT2D eigenvalue weighted by molar-refractivity contribution is 6.00. The first-order valence-corrected chi connectivity index (χ1v) is 5.66. The van der Waals surface area contributed by atoms with Crippen molar-refractivity contribution >= 4 is 5.78 Å². The van der Waals surface area contributed by atoms with Gasteiger partial charge in [-0.1, -0.05) is 36.4 Å². The summed E-state index contributed by atoms with van der Waals surface area (Å²) in [5.41, 5.74) is 0.832. The van der Waals surface area contributed by atoms with Crippen molar-refractivity contribution in [2.24, 2.45) is 0 Å². The Morgan fingerprint density at radius 2 is 2.00 bits per heavy atom. The van der Waals surface area contributed by atoms with E-state index in [0.717, 1.165) is 5.56 Å². The first-order valence-electron chi connectivity index (χ1n) is 5.66. The third kappa shape index (κ3) is 1.27. The number of hydrogen-bond acceptors (Lipinski definition) is 3. The van der Waals surface area contributed by atoms with Gasteiger partial charge in [-0.2, -0.15) is 0 Å². The summed E-state index contributed by atoms with van der Waals surface area (Å²) in [6, 6.07) is 10.0. The van der Waals surface area contributed by atoms with Crippen molar-refractivity contribution in [3.05, 3.63) is 48.0 Å². The summed E-state index contributed by atoms with van der Waals surface area (Å²) in [6.07, 6.45) is 3.26. The minimum atomic E-state index is -1.04. The number of methoxy groups -OCH3 is 1. The van der Waals surface area contributed by atoms with Crippen LogP contribution in [0.25, 0.3) is 0 Å². The summed E-state index contributed by atoms with van der Waals surface area (Å²) in [5, 5.41) is 0. The van der Waals surface area contributed by atoms with Crippen LogP contribution in [0.5, 0.6) is 0 Å². The average Bonchev–Trinajstić information content (AvgIpc) is 3.13. The zero-order valence-corrected chi connectivity index (χ0v) is 9.84. The molecule has 0 N–H and O–H groups in total. The smallest absolute Gasteiger partial charge is 0.261 e. The summed E-state index contributed by atoms with van der Waals surface area (Å²) in [7, 11) is 1.52. The predicted molar refractivity (Wildman–Crippen MR) is 62.6 cm³/mol. The molecule has 1 saturated heterocycles. The van der Waals surface area contributed by atoms with E-state index in [2.05, 4.69) is 6.92 Å². The highest BCUT2D eigenvalue weighted by atomic mass is 16.8. The van der Waals surface area contributed by atoms with Crippen molar-refractivity contribution in [2.45, 2.75) is 24.2 Å². The standard InChI is InChI=1S/C14H14O3/c1-13(10-6-4-3-5-7-10)9-8-11(15)14(16-2)12(13)17-14/h3-9,12H,1-2H3. The van der Waals surface area contributed by atoms with Crippen molar-refractivity contribution < 1.29 is 14.3 Å². The number of ether oxygens (including phenoxy) is 2. The lowest BCUT2D eigenvalue weighted by atomic mass is 9.74. The molecular formula is C14H14O3. The zero-order valence-electron chi connectivity index (χ0n) is 9.84. The number of carbonyl (C=O) groups excluding carboxylic acids is 1. The number of ketones is 1. The van der Waals surface area contributed by atoms with Crippen LogP contribution in [0, 0.1) is 0 Å². The molecule has 0 bridgehead atoms. The fourth-order valence-electron chi connectivity index (χ4n) is 2.60. The summed E-state index contributed by atoms with van der Waals surface area (Å²) < 4.78 is 10.8. The van der Waals surface area contributed by atoms with Crippen LogP contribution < -0.4 is 0 Å². The topological polar surface area (TPSA) is 38.8 Å². The number of rotatable bonds is 2. The van der Waals surface area contributed by atoms with Crippen molar-refractivity contribution in [3.63, 3.8) is 0 Å². The zero-order chi connectivity index (χ0) is 12.1. The second-order valence-electron chi connectivity index (χ2n) is 4.72. The number of epoxide rings is 1. The van der Waals surface area contributed by atoms with Gasteiger partial charge in [0.25, 0.3) is 5.79 Å². The lowest BCUT2D eigenvalue weighted by molar-refractivity contribution is -0.135. The summed E-state index contributed by atoms with van der Waals surface area (Å²) in [4.78, 5) is 11.8. The molecule has 1 aliphatic carbocycles. The summed E-state index contributed by atoms with van der Waals surface area (Å²) in [6.45, 7) is 2.07. The fourth-order valence-corrected chi connectivity index (χ4v) is 2.60. The van der Waals surface area contributed by atoms with Gasteiger partial charge in [0.05, 0.1) is 0 Å². The van der Waals surface area contributed by atoms with Crippen LogP contribution >= 0.6 is 0 Å². The van der Waals surface area contributed by atoms with Crippen LogP contribution in [0.4, 0.5) is 0 Å². The second-order valence-corrected chi connectivity index (χ2v) is 4.72. The Balaban J connectivity index is 2.06. The molecule has 1 aliphatic heterocycles. The lowest BCUT2D eigenvalue weighted by Gasteiger charge is -2.28. The van der Waals surface area contributed by atoms with Gasteiger partial charge in [-0.15, -0.1) is 0 Å². The highest BCUT2D eigenvalue weighted by Crippen LogP contribution is 2.53. The van der Waals surface area contributed by atoms with Crippen molar-refractivity contribution in [1.29, 1.82) is 0 Å². The molecule has 0 saturated carbocycles. The van der Waals surface area contributed by atoms with Crippen LogP contribution in [-0.4, -0.2) is 24.8 Å². The molecule has 3 rings (SSSR count). The number of hydrogen-bond donors (Lipinski definition) is 0. The molecule has 0 amide bonds. The molecule has 1 aromatic rings. The van der Waals surface area contributed by atoms with Crippen LogP contribution in [0.3, 0.4) is 0 Å². The molecule has 2 aliphatic rings. The molecule has 3 atom stereocenters. The molecule has 1 fully saturated rings. The van der Waals surface area contributed by atoms with Gasteiger partial charge in [-0.25, -0.2) is 0 Å². The molecule has 0 radical (unpaired) electrons. The molecule has 3 heteroatoms. The van der Waals surface area contributed by atoms with Gasteiger partial charge in [0, 0.05) is 12.5 Å². The van der Waals surface area contributed by atoms with E-state index in [1.54, 1.807) is 6.08 Å². The van der Waals surface area contributed by atoms with Gasteiger partial charge >= 0.3 is 0 Å². The molecule has 3 nitrogen and oxygen atoms in total. The number of benzene rings is 1. The molecule has 0 aromatic heterocycles. The third-order valence-electron chi connectivity index (χ3n) is 3.75. The van der Waals surface area contributed by atoms with E-state index in [0.29, 0.717) is 0 Å². The normalized spacial score (nSPS) is 38.9. The van der Waals surface area contributed by atoms with Crippen molar-refractivity contribution in [2.75, 3.05) is 7.11 Å². The largest absolute Gasteiger partial charge is 0.345 e. The molecule has 1 heterocycles. The Labute approximate surface area is 100 Å². The van der Waals surface area contributed by atoms with Gasteiger partial charge in [0.15, 0.2) is 0 Å². The number of carbonyl (C=O) groups is 1. The molecule has 88 valence electrons. The molecule has 17 heavy (non-hydrogen) atoms. The Bertz CT molecular complexity index is 493. The van der Waals surface area contributed by atoms with Gasteiger partial charge < -0.3 is 9.47 Å². The van der Waals surface area contributed by atoms with E-state index in [1.807, 2.05) is 36.4 Å². The van der Waals surface area contributed by atoms with Crippen LogP contribution in [0.15, 0.2) is 42.5 Å². The summed E-state index contributed by atoms with van der Waals surface area (Å²) in [5.74, 6) is -1.14. The first kappa shape index (κ1) is 10.7. The molecule has 1 aromatic carbocycles. The van der Waals surface area contributed by atoms with Gasteiger partial charge in [-0.05, 0) is 18.6 Å². The second kappa shape index (κ2) is 3.28. The monoisotopic (exact) mass is 230 g/mol. The average molecular weight is 230 g/mol. The van der Waals surface area contributed by atoms with E-state index in [4.69, 9.17) is 9.47 Å².